The van der Waals surface area contributed by atoms with Gasteiger partial charge in [0, 0.05) is 35.1 Å². The van der Waals surface area contributed by atoms with E-state index in [1.54, 1.807) is 0 Å². The molecule has 1 aliphatic rings. The maximum absolute atomic E-state index is 5.91. The second kappa shape index (κ2) is 6.91. The zero-order valence-electron chi connectivity index (χ0n) is 12.7. The van der Waals surface area contributed by atoms with Crippen molar-refractivity contribution in [3.63, 3.8) is 0 Å². The van der Waals surface area contributed by atoms with E-state index in [0.717, 1.165) is 35.4 Å². The molecule has 1 aromatic carbocycles. The molecule has 0 saturated carbocycles. The van der Waals surface area contributed by atoms with E-state index < -0.39 is 0 Å². The highest BCUT2D eigenvalue weighted by Gasteiger charge is 2.22. The van der Waals surface area contributed by atoms with Crippen LogP contribution in [-0.4, -0.2) is 23.1 Å². The fourth-order valence-corrected chi connectivity index (χ4v) is 3.23. The highest BCUT2D eigenvalue weighted by atomic mass is 127. The van der Waals surface area contributed by atoms with E-state index in [-0.39, 0.29) is 6.04 Å². The Balaban J connectivity index is 1.62. The molecular weight excluding hydrogens is 387 g/mol. The molecule has 4 nitrogen and oxygen atoms in total. The highest BCUT2D eigenvalue weighted by Crippen LogP contribution is 2.29. The molecule has 2 heterocycles. The van der Waals surface area contributed by atoms with Gasteiger partial charge in [-0.05, 0) is 59.4 Å². The maximum atomic E-state index is 5.91. The molecule has 2 N–H and O–H groups in total. The normalized spacial score (nSPS) is 17.5. The minimum Gasteiger partial charge on any atom is -0.341 e. The molecular formula is C17H21IN4. The summed E-state index contributed by atoms with van der Waals surface area (Å²) < 4.78 is 1.07. The lowest BCUT2D eigenvalue weighted by Gasteiger charge is -2.32. The van der Waals surface area contributed by atoms with E-state index >= 15 is 0 Å². The topological polar surface area (TPSA) is 55.0 Å². The number of rotatable bonds is 3. The van der Waals surface area contributed by atoms with Crippen LogP contribution in [0.3, 0.4) is 0 Å². The molecule has 1 fully saturated rings. The first kappa shape index (κ1) is 15.7. The number of hydrogen-bond acceptors (Lipinski definition) is 4. The third-order valence-electron chi connectivity index (χ3n) is 4.32. The molecule has 1 atom stereocenters. The molecule has 1 aliphatic heterocycles. The Labute approximate surface area is 145 Å². The van der Waals surface area contributed by atoms with Gasteiger partial charge in [-0.1, -0.05) is 24.3 Å². The second-order valence-electron chi connectivity index (χ2n) is 5.92. The van der Waals surface area contributed by atoms with Gasteiger partial charge in [-0.3, -0.25) is 0 Å². The largest absolute Gasteiger partial charge is 0.341 e. The van der Waals surface area contributed by atoms with Crippen LogP contribution in [0.4, 0.5) is 5.95 Å². The van der Waals surface area contributed by atoms with Gasteiger partial charge < -0.3 is 10.6 Å². The Morgan fingerprint density at radius 2 is 1.73 bits per heavy atom. The molecule has 0 aliphatic carbocycles. The number of nitrogens with zero attached hydrogens (tertiary/aromatic N) is 3. The molecule has 1 unspecified atom stereocenters. The number of aromatic nitrogens is 2. The monoisotopic (exact) mass is 408 g/mol. The Hall–Kier alpha value is -1.21. The maximum Gasteiger partial charge on any atom is 0.225 e. The average molecular weight is 408 g/mol. The predicted molar refractivity (Wildman–Crippen MR) is 98.0 cm³/mol. The first-order chi connectivity index (χ1) is 10.6. The van der Waals surface area contributed by atoms with Crippen LogP contribution in [0.1, 0.15) is 42.9 Å². The van der Waals surface area contributed by atoms with E-state index in [2.05, 4.69) is 61.7 Å². The average Bonchev–Trinajstić information content (AvgIpc) is 2.56. The summed E-state index contributed by atoms with van der Waals surface area (Å²) >= 11 is 2.23. The van der Waals surface area contributed by atoms with Crippen molar-refractivity contribution in [2.75, 3.05) is 18.0 Å². The number of benzene rings is 1. The number of hydrogen-bond donors (Lipinski definition) is 1. The van der Waals surface area contributed by atoms with Crippen LogP contribution in [0.2, 0.25) is 0 Å². The molecule has 0 radical (unpaired) electrons. The summed E-state index contributed by atoms with van der Waals surface area (Å²) in [5.74, 6) is 1.48. The van der Waals surface area contributed by atoms with Crippen LogP contribution in [-0.2, 0) is 0 Å². The minimum absolute atomic E-state index is 0.105. The number of anilines is 1. The van der Waals surface area contributed by atoms with Crippen LogP contribution in [0.25, 0.3) is 0 Å². The van der Waals surface area contributed by atoms with Gasteiger partial charge in [-0.2, -0.15) is 0 Å². The summed E-state index contributed by atoms with van der Waals surface area (Å²) in [6.45, 7) is 4.05. The summed E-state index contributed by atoms with van der Waals surface area (Å²) in [4.78, 5) is 11.1. The molecule has 5 heteroatoms. The zero-order valence-corrected chi connectivity index (χ0v) is 14.9. The van der Waals surface area contributed by atoms with E-state index in [1.165, 1.54) is 11.1 Å². The van der Waals surface area contributed by atoms with Crippen molar-refractivity contribution in [2.24, 2.45) is 5.73 Å². The lowest BCUT2D eigenvalue weighted by Crippen LogP contribution is -2.34. The smallest absolute Gasteiger partial charge is 0.225 e. The van der Waals surface area contributed by atoms with Crippen LogP contribution in [0.5, 0.6) is 0 Å². The van der Waals surface area contributed by atoms with Crippen LogP contribution in [0, 0.1) is 3.57 Å². The van der Waals surface area contributed by atoms with Crippen molar-refractivity contribution >= 4 is 28.5 Å². The fraction of sp³-hybridized carbons (Fsp3) is 0.412. The Bertz CT molecular complexity index is 602. The van der Waals surface area contributed by atoms with Gasteiger partial charge >= 0.3 is 0 Å². The van der Waals surface area contributed by atoms with Crippen molar-refractivity contribution < 1.29 is 0 Å². The lowest BCUT2D eigenvalue weighted by molar-refractivity contribution is 0.499. The van der Waals surface area contributed by atoms with Crippen LogP contribution in [0.15, 0.2) is 36.7 Å². The molecule has 3 rings (SSSR count). The Kier molecular flexibility index (Phi) is 4.93. The van der Waals surface area contributed by atoms with Gasteiger partial charge in [0.25, 0.3) is 0 Å². The van der Waals surface area contributed by atoms with Gasteiger partial charge in [0.05, 0.1) is 0 Å². The molecule has 1 saturated heterocycles. The summed E-state index contributed by atoms with van der Waals surface area (Å²) in [7, 11) is 0. The molecule has 0 bridgehead atoms. The van der Waals surface area contributed by atoms with Gasteiger partial charge in [0.15, 0.2) is 0 Å². The van der Waals surface area contributed by atoms with E-state index in [0.29, 0.717) is 5.92 Å². The van der Waals surface area contributed by atoms with Crippen molar-refractivity contribution in [1.82, 2.24) is 9.97 Å². The van der Waals surface area contributed by atoms with Gasteiger partial charge in [0.1, 0.15) is 0 Å². The van der Waals surface area contributed by atoms with Crippen LogP contribution >= 0.6 is 22.6 Å². The molecule has 0 amide bonds. The zero-order chi connectivity index (χ0) is 15.5. The summed E-state index contributed by atoms with van der Waals surface area (Å²) in [6, 6.07) is 8.90. The van der Waals surface area contributed by atoms with Crippen molar-refractivity contribution in [2.45, 2.75) is 31.7 Å². The number of halogens is 1. The minimum atomic E-state index is 0.105. The summed E-state index contributed by atoms with van der Waals surface area (Å²) in [5, 5.41) is 0. The summed E-state index contributed by atoms with van der Waals surface area (Å²) in [5.41, 5.74) is 8.54. The van der Waals surface area contributed by atoms with Gasteiger partial charge in [0.2, 0.25) is 5.95 Å². The van der Waals surface area contributed by atoms with Crippen molar-refractivity contribution in [1.29, 1.82) is 0 Å². The summed E-state index contributed by atoms with van der Waals surface area (Å²) in [6.07, 6.45) is 6.04. The Morgan fingerprint density at radius 3 is 2.27 bits per heavy atom. The van der Waals surface area contributed by atoms with Crippen LogP contribution < -0.4 is 10.6 Å². The first-order valence-electron chi connectivity index (χ1n) is 7.71. The van der Waals surface area contributed by atoms with Crippen molar-refractivity contribution in [3.05, 3.63) is 51.4 Å². The van der Waals surface area contributed by atoms with E-state index in [4.69, 9.17) is 5.73 Å². The first-order valence-corrected chi connectivity index (χ1v) is 8.79. The van der Waals surface area contributed by atoms with Gasteiger partial charge in [-0.15, -0.1) is 0 Å². The van der Waals surface area contributed by atoms with Gasteiger partial charge in [-0.25, -0.2) is 9.97 Å². The van der Waals surface area contributed by atoms with E-state index in [9.17, 15) is 0 Å². The Morgan fingerprint density at radius 1 is 1.14 bits per heavy atom. The molecule has 2 aromatic rings. The third kappa shape index (κ3) is 3.57. The molecule has 22 heavy (non-hydrogen) atoms. The number of nitrogens with two attached hydrogens (primary N) is 1. The predicted octanol–water partition coefficient (Wildman–Crippen LogP) is 3.48. The fourth-order valence-electron chi connectivity index (χ4n) is 2.95. The third-order valence-corrected chi connectivity index (χ3v) is 4.88. The SMILES string of the molecule is CC(N)c1ccc(C2CCN(c3ncc(I)cn3)CC2)cc1. The highest BCUT2D eigenvalue weighted by molar-refractivity contribution is 14.1. The van der Waals surface area contributed by atoms with E-state index in [1.807, 2.05) is 19.3 Å². The second-order valence-corrected chi connectivity index (χ2v) is 7.16. The lowest BCUT2D eigenvalue weighted by atomic mass is 9.88. The number of piperidine rings is 1. The molecule has 116 valence electrons. The van der Waals surface area contributed by atoms with Crippen molar-refractivity contribution in [3.8, 4) is 0 Å². The standard InChI is InChI=1S/C17H21IN4/c1-12(19)13-2-4-14(5-3-13)15-6-8-22(9-7-15)17-20-10-16(18)11-21-17/h2-5,10-12,15H,6-9,19H2,1H3. The molecule has 0 spiro atoms. The molecule has 1 aromatic heterocycles. The quantitative estimate of drug-likeness (QED) is 0.791.